The van der Waals surface area contributed by atoms with E-state index in [-0.39, 0.29) is 35.4 Å². The molecule has 3 heterocycles. The number of nitrogens with one attached hydrogen (secondary N) is 2. The molecule has 1 aliphatic carbocycles. The van der Waals surface area contributed by atoms with Crippen LogP contribution in [0.4, 0.5) is 5.69 Å². The predicted molar refractivity (Wildman–Crippen MR) is 201 cm³/mol. The van der Waals surface area contributed by atoms with Crippen LogP contribution in [0.25, 0.3) is 0 Å². The zero-order valence-electron chi connectivity index (χ0n) is 30.3. The number of aryl methyl sites for hydroxylation is 1. The highest BCUT2D eigenvalue weighted by Crippen LogP contribution is 2.43. The van der Waals surface area contributed by atoms with Crippen LogP contribution in [0, 0.1) is 17.8 Å². The van der Waals surface area contributed by atoms with Gasteiger partial charge in [-0.2, -0.15) is 0 Å². The Morgan fingerprint density at radius 1 is 1.08 bits per heavy atom. The fourth-order valence-electron chi connectivity index (χ4n) is 7.26. The maximum atomic E-state index is 13.4. The maximum Gasteiger partial charge on any atom is 0.263 e. The molecule has 3 fully saturated rings. The molecule has 6 rings (SSSR count). The van der Waals surface area contributed by atoms with Gasteiger partial charge in [0.05, 0.1) is 36.9 Å². The topological polar surface area (TPSA) is 109 Å². The standard InChI is InChI=1S/C36H51ClN2O5S.C3H7NO/c1-5-8-24(3)25(4)45(41)38-36(40)28-12-15-34-33(19-28)39(21-29-11-10-26(29)20-35-42-16-7-17-43-35)22-30(23-44-34)32-14-13-31(37)18-27(32)9-6-2;5-3-1-4-2-3/h12-15,18-19,24-26,29-30,35H,5-11,16-17,20-23H2,1-4H3,(H,38,40);3-5H,1-2H2. The number of carbonyl (C=O) groups is 1. The Hall–Kier alpha value is -2.21. The van der Waals surface area contributed by atoms with Gasteiger partial charge < -0.3 is 29.5 Å². The quantitative estimate of drug-likeness (QED) is 0.211. The number of nitrogens with zero attached hydrogens (tertiary/aromatic N) is 1. The van der Waals surface area contributed by atoms with Crippen LogP contribution in [0.2, 0.25) is 5.02 Å². The molecule has 0 aromatic heterocycles. The van der Waals surface area contributed by atoms with Gasteiger partial charge >= 0.3 is 0 Å². The monoisotopic (exact) mass is 731 g/mol. The second-order valence-electron chi connectivity index (χ2n) is 14.6. The van der Waals surface area contributed by atoms with Gasteiger partial charge in [-0.25, -0.2) is 4.21 Å². The molecule has 9 nitrogen and oxygen atoms in total. The molecule has 278 valence electrons. The predicted octanol–water partition coefficient (Wildman–Crippen LogP) is 6.62. The van der Waals surface area contributed by atoms with E-state index < -0.39 is 11.0 Å². The maximum absolute atomic E-state index is 13.4. The van der Waals surface area contributed by atoms with Crippen LogP contribution < -0.4 is 19.7 Å². The van der Waals surface area contributed by atoms with E-state index in [2.05, 4.69) is 47.8 Å². The highest BCUT2D eigenvalue weighted by molar-refractivity contribution is 7.84. The lowest BCUT2D eigenvalue weighted by Gasteiger charge is -2.42. The molecule has 1 saturated carbocycles. The lowest BCUT2D eigenvalue weighted by atomic mass is 9.71. The zero-order chi connectivity index (χ0) is 35.6. The first-order valence-electron chi connectivity index (χ1n) is 18.8. The van der Waals surface area contributed by atoms with E-state index in [9.17, 15) is 9.00 Å². The van der Waals surface area contributed by atoms with Crippen molar-refractivity contribution in [2.24, 2.45) is 17.8 Å². The van der Waals surface area contributed by atoms with Crippen molar-refractivity contribution in [2.75, 3.05) is 50.9 Å². The largest absolute Gasteiger partial charge is 0.491 e. The summed E-state index contributed by atoms with van der Waals surface area (Å²) in [6.45, 7) is 13.7. The third-order valence-corrected chi connectivity index (χ3v) is 12.5. The minimum absolute atomic E-state index is 0.0463. The van der Waals surface area contributed by atoms with Gasteiger partial charge in [0.15, 0.2) is 6.29 Å². The molecule has 4 aliphatic rings. The Bertz CT molecular complexity index is 1420. The Balaban J connectivity index is 0.000000892. The smallest absolute Gasteiger partial charge is 0.263 e. The van der Waals surface area contributed by atoms with Crippen LogP contribution in [-0.4, -0.2) is 78.9 Å². The molecular weight excluding hydrogens is 674 g/mol. The van der Waals surface area contributed by atoms with Crippen molar-refractivity contribution in [2.45, 2.75) is 103 Å². The van der Waals surface area contributed by atoms with Gasteiger partial charge in [-0.3, -0.25) is 9.52 Å². The summed E-state index contributed by atoms with van der Waals surface area (Å²) in [7, 11) is -1.47. The van der Waals surface area contributed by atoms with E-state index in [0.29, 0.717) is 24.0 Å². The minimum atomic E-state index is -1.47. The van der Waals surface area contributed by atoms with E-state index >= 15 is 0 Å². The van der Waals surface area contributed by atoms with Crippen molar-refractivity contribution in [3.8, 4) is 5.75 Å². The summed E-state index contributed by atoms with van der Waals surface area (Å²) >= 11 is 6.43. The zero-order valence-corrected chi connectivity index (χ0v) is 31.9. The molecule has 2 saturated heterocycles. The number of amides is 1. The molecule has 2 aromatic carbocycles. The van der Waals surface area contributed by atoms with Gasteiger partial charge in [0.25, 0.3) is 5.91 Å². The average molecular weight is 732 g/mol. The number of ether oxygens (including phenoxy) is 3. The highest BCUT2D eigenvalue weighted by atomic mass is 35.5. The van der Waals surface area contributed by atoms with Gasteiger partial charge in [0, 0.05) is 49.1 Å². The Kier molecular flexibility index (Phi) is 14.9. The number of carbonyl (C=O) groups excluding carboxylic acids is 1. The molecule has 0 spiro atoms. The number of halogens is 1. The normalized spacial score (nSPS) is 24.2. The van der Waals surface area contributed by atoms with Crippen molar-refractivity contribution < 1.29 is 28.3 Å². The summed E-state index contributed by atoms with van der Waals surface area (Å²) in [5.74, 6) is 1.90. The fraction of sp³-hybridized carbons (Fsp3) is 0.667. The van der Waals surface area contributed by atoms with E-state index in [1.54, 1.807) is 6.07 Å². The third-order valence-electron chi connectivity index (χ3n) is 10.8. The van der Waals surface area contributed by atoms with Crippen LogP contribution >= 0.6 is 11.6 Å². The van der Waals surface area contributed by atoms with E-state index in [4.69, 9.17) is 30.9 Å². The fourth-order valence-corrected chi connectivity index (χ4v) is 8.50. The van der Waals surface area contributed by atoms with Crippen LogP contribution in [-0.2, 0) is 26.9 Å². The Labute approximate surface area is 306 Å². The summed E-state index contributed by atoms with van der Waals surface area (Å²) in [4.78, 5) is 15.8. The molecular formula is C39H58ClN3O6S. The molecule has 0 bridgehead atoms. The number of hydrogen-bond donors (Lipinski definition) is 3. The SMILES string of the molecule is CCCc1cc(Cl)ccc1C1COc2ccc(C(=O)NS(=O)C(C)C(C)CCC)cc2N(CC2CCC2CC2OCCCO2)C1.OC1CNC1. The Morgan fingerprint density at radius 3 is 2.46 bits per heavy atom. The Morgan fingerprint density at radius 2 is 1.82 bits per heavy atom. The molecule has 3 N–H and O–H groups in total. The summed E-state index contributed by atoms with van der Waals surface area (Å²) in [6.07, 6.45) is 8.06. The van der Waals surface area contributed by atoms with Gasteiger partial charge in [-0.1, -0.05) is 51.3 Å². The highest BCUT2D eigenvalue weighted by Gasteiger charge is 2.37. The summed E-state index contributed by atoms with van der Waals surface area (Å²) in [5.41, 5.74) is 3.96. The number of benzene rings is 2. The number of fused-ring (bicyclic) bond motifs is 1. The number of anilines is 1. The van der Waals surface area contributed by atoms with Crippen molar-refractivity contribution in [3.63, 3.8) is 0 Å². The number of rotatable bonds is 13. The van der Waals surface area contributed by atoms with E-state index in [1.165, 1.54) is 17.5 Å². The van der Waals surface area contributed by atoms with E-state index in [1.807, 2.05) is 25.1 Å². The summed E-state index contributed by atoms with van der Waals surface area (Å²) in [6, 6.07) is 11.9. The second-order valence-corrected chi connectivity index (χ2v) is 16.5. The number of hydrogen-bond acceptors (Lipinski definition) is 8. The lowest BCUT2D eigenvalue weighted by Crippen LogP contribution is -2.46. The first-order valence-corrected chi connectivity index (χ1v) is 20.4. The second kappa shape index (κ2) is 19.0. The molecule has 11 heteroatoms. The van der Waals surface area contributed by atoms with Crippen LogP contribution in [0.3, 0.4) is 0 Å². The molecule has 2 aromatic rings. The lowest BCUT2D eigenvalue weighted by molar-refractivity contribution is -0.192. The molecule has 3 aliphatic heterocycles. The van der Waals surface area contributed by atoms with Crippen molar-refractivity contribution in [1.82, 2.24) is 10.0 Å². The van der Waals surface area contributed by atoms with Gasteiger partial charge in [-0.15, -0.1) is 0 Å². The van der Waals surface area contributed by atoms with Gasteiger partial charge in [-0.05, 0) is 98.2 Å². The van der Waals surface area contributed by atoms with Crippen molar-refractivity contribution in [3.05, 3.63) is 58.1 Å². The average Bonchev–Trinajstić information content (AvgIpc) is 3.27. The number of β-amino-alcohol motifs (C(OH)–C–C–N with tert-alkyl or cyclic N) is 1. The van der Waals surface area contributed by atoms with Gasteiger partial charge in [0.1, 0.15) is 16.7 Å². The molecule has 6 atom stereocenters. The summed E-state index contributed by atoms with van der Waals surface area (Å²) in [5, 5.41) is 11.9. The van der Waals surface area contributed by atoms with Gasteiger partial charge in [0.2, 0.25) is 0 Å². The van der Waals surface area contributed by atoms with E-state index in [0.717, 1.165) is 101 Å². The third kappa shape index (κ3) is 10.4. The molecule has 6 unspecified atom stereocenters. The number of aliphatic hydroxyl groups is 1. The number of aliphatic hydroxyl groups excluding tert-OH is 1. The molecule has 1 amide bonds. The van der Waals surface area contributed by atoms with Crippen LogP contribution in [0.1, 0.15) is 100 Å². The summed E-state index contributed by atoms with van der Waals surface area (Å²) < 4.78 is 34.2. The first kappa shape index (κ1) is 39.0. The first-order chi connectivity index (χ1) is 24.2. The van der Waals surface area contributed by atoms with Crippen LogP contribution in [0.15, 0.2) is 36.4 Å². The van der Waals surface area contributed by atoms with Crippen molar-refractivity contribution >= 4 is 34.2 Å². The minimum Gasteiger partial charge on any atom is -0.491 e. The molecule has 0 radical (unpaired) electrons. The van der Waals surface area contributed by atoms with Crippen LogP contribution in [0.5, 0.6) is 5.75 Å². The molecule has 50 heavy (non-hydrogen) atoms. The van der Waals surface area contributed by atoms with Crippen molar-refractivity contribution in [1.29, 1.82) is 0 Å².